The number of carbonyl (C=O) groups excluding carboxylic acids is 1. The van der Waals surface area contributed by atoms with Gasteiger partial charge in [0.1, 0.15) is 6.10 Å². The van der Waals surface area contributed by atoms with Gasteiger partial charge in [0, 0.05) is 18.3 Å². The summed E-state index contributed by atoms with van der Waals surface area (Å²) in [5.41, 5.74) is 3.98. The van der Waals surface area contributed by atoms with E-state index in [2.05, 4.69) is 4.98 Å². The SMILES string of the molecule is NC(=O)OC1CCN(c2nc(C(F)(F)F)cs2)C1. The Morgan fingerprint density at radius 3 is 2.89 bits per heavy atom. The summed E-state index contributed by atoms with van der Waals surface area (Å²) in [7, 11) is 0. The van der Waals surface area contributed by atoms with E-state index in [9.17, 15) is 18.0 Å². The van der Waals surface area contributed by atoms with Gasteiger partial charge in [0.15, 0.2) is 10.8 Å². The van der Waals surface area contributed by atoms with Crippen LogP contribution >= 0.6 is 11.3 Å². The molecule has 1 fully saturated rings. The number of nitrogens with two attached hydrogens (primary N) is 1. The van der Waals surface area contributed by atoms with E-state index in [0.29, 0.717) is 19.5 Å². The number of carbonyl (C=O) groups is 1. The van der Waals surface area contributed by atoms with Crippen LogP contribution in [0.25, 0.3) is 0 Å². The molecule has 1 unspecified atom stereocenters. The normalized spacial score (nSPS) is 20.2. The number of amides is 1. The first-order chi connectivity index (χ1) is 8.36. The number of halogens is 3. The van der Waals surface area contributed by atoms with Gasteiger partial charge in [-0.05, 0) is 0 Å². The highest BCUT2D eigenvalue weighted by atomic mass is 32.1. The number of primary amides is 1. The highest BCUT2D eigenvalue weighted by Gasteiger charge is 2.35. The predicted molar refractivity (Wildman–Crippen MR) is 58.4 cm³/mol. The van der Waals surface area contributed by atoms with Crippen LogP contribution in [0.1, 0.15) is 12.1 Å². The van der Waals surface area contributed by atoms with Gasteiger partial charge in [0.25, 0.3) is 0 Å². The molecule has 1 aromatic heterocycles. The Morgan fingerprint density at radius 2 is 2.33 bits per heavy atom. The monoisotopic (exact) mass is 281 g/mol. The third kappa shape index (κ3) is 2.84. The molecular formula is C9H10F3N3O2S. The lowest BCUT2D eigenvalue weighted by Gasteiger charge is -2.14. The minimum atomic E-state index is -4.43. The summed E-state index contributed by atoms with van der Waals surface area (Å²) in [5.74, 6) is 0. The van der Waals surface area contributed by atoms with E-state index in [1.54, 1.807) is 4.90 Å². The zero-order valence-corrected chi connectivity index (χ0v) is 9.92. The van der Waals surface area contributed by atoms with Crippen LogP contribution in [0.15, 0.2) is 5.38 Å². The second-order valence-electron chi connectivity index (χ2n) is 3.81. The summed E-state index contributed by atoms with van der Waals surface area (Å²) in [6, 6.07) is 0. The number of hydrogen-bond donors (Lipinski definition) is 1. The van der Waals surface area contributed by atoms with Crippen molar-refractivity contribution < 1.29 is 22.7 Å². The largest absolute Gasteiger partial charge is 0.444 e. The molecule has 1 amide bonds. The standard InChI is InChI=1S/C9H10F3N3O2S/c10-9(11,12)6-4-18-8(14-6)15-2-1-5(3-15)17-7(13)16/h4-5H,1-3H2,(H2,13,16). The second kappa shape index (κ2) is 4.63. The van der Waals surface area contributed by atoms with Crippen LogP contribution in [-0.4, -0.2) is 30.3 Å². The van der Waals surface area contributed by atoms with Gasteiger partial charge in [-0.3, -0.25) is 0 Å². The van der Waals surface area contributed by atoms with Crippen LogP contribution in [0.4, 0.5) is 23.1 Å². The molecule has 0 radical (unpaired) electrons. The highest BCUT2D eigenvalue weighted by Crippen LogP contribution is 2.34. The molecule has 1 saturated heterocycles. The molecule has 0 bridgehead atoms. The number of nitrogens with zero attached hydrogens (tertiary/aromatic N) is 2. The summed E-state index contributed by atoms with van der Waals surface area (Å²) in [4.78, 5) is 15.7. The van der Waals surface area contributed by atoms with E-state index in [1.165, 1.54) is 0 Å². The summed E-state index contributed by atoms with van der Waals surface area (Å²) in [6.07, 6.45) is -5.17. The van der Waals surface area contributed by atoms with Gasteiger partial charge in [0.2, 0.25) is 0 Å². The average Bonchev–Trinajstić information content (AvgIpc) is 2.81. The molecule has 0 saturated carbocycles. The van der Waals surface area contributed by atoms with Crippen LogP contribution in [0.3, 0.4) is 0 Å². The van der Waals surface area contributed by atoms with E-state index in [1.807, 2.05) is 0 Å². The van der Waals surface area contributed by atoms with Crippen LogP contribution < -0.4 is 10.6 Å². The molecule has 100 valence electrons. The minimum absolute atomic E-state index is 0.276. The molecular weight excluding hydrogens is 271 g/mol. The maximum atomic E-state index is 12.4. The second-order valence-corrected chi connectivity index (χ2v) is 4.64. The number of aromatic nitrogens is 1. The molecule has 5 nitrogen and oxygen atoms in total. The van der Waals surface area contributed by atoms with E-state index in [4.69, 9.17) is 10.5 Å². The van der Waals surface area contributed by atoms with E-state index >= 15 is 0 Å². The smallest absolute Gasteiger partial charge is 0.434 e. The van der Waals surface area contributed by atoms with Crippen LogP contribution in [0, 0.1) is 0 Å². The van der Waals surface area contributed by atoms with Gasteiger partial charge in [0.05, 0.1) is 6.54 Å². The van der Waals surface area contributed by atoms with Crippen molar-refractivity contribution in [3.8, 4) is 0 Å². The zero-order valence-electron chi connectivity index (χ0n) is 9.11. The molecule has 0 aromatic carbocycles. The molecule has 1 aliphatic heterocycles. The lowest BCUT2D eigenvalue weighted by atomic mass is 10.3. The first-order valence-electron chi connectivity index (χ1n) is 5.10. The summed E-state index contributed by atoms with van der Waals surface area (Å²) >= 11 is 0.918. The fourth-order valence-electron chi connectivity index (χ4n) is 1.70. The van der Waals surface area contributed by atoms with Gasteiger partial charge in [-0.1, -0.05) is 0 Å². The summed E-state index contributed by atoms with van der Waals surface area (Å²) in [6.45, 7) is 0.802. The van der Waals surface area contributed by atoms with Crippen molar-refractivity contribution in [2.45, 2.75) is 18.7 Å². The van der Waals surface area contributed by atoms with Gasteiger partial charge in [-0.2, -0.15) is 13.2 Å². The Bertz CT molecular complexity index is 449. The van der Waals surface area contributed by atoms with Gasteiger partial charge in [-0.25, -0.2) is 9.78 Å². The maximum absolute atomic E-state index is 12.4. The summed E-state index contributed by atoms with van der Waals surface area (Å²) in [5, 5.41) is 1.25. The van der Waals surface area contributed by atoms with Crippen molar-refractivity contribution in [2.75, 3.05) is 18.0 Å². The Balaban J connectivity index is 2.01. The lowest BCUT2D eigenvalue weighted by Crippen LogP contribution is -2.27. The molecule has 2 heterocycles. The Labute approximate surface area is 104 Å². The molecule has 1 aliphatic rings. The Hall–Kier alpha value is -1.51. The van der Waals surface area contributed by atoms with Crippen molar-refractivity contribution in [3.05, 3.63) is 11.1 Å². The van der Waals surface area contributed by atoms with Crippen molar-refractivity contribution in [1.82, 2.24) is 4.98 Å². The number of ether oxygens (including phenoxy) is 1. The summed E-state index contributed by atoms with van der Waals surface area (Å²) < 4.78 is 41.9. The predicted octanol–water partition coefficient (Wildman–Crippen LogP) is 1.84. The number of rotatable bonds is 2. The molecule has 18 heavy (non-hydrogen) atoms. The van der Waals surface area contributed by atoms with Crippen molar-refractivity contribution in [1.29, 1.82) is 0 Å². The van der Waals surface area contributed by atoms with Crippen molar-refractivity contribution >= 4 is 22.6 Å². The van der Waals surface area contributed by atoms with Crippen molar-refractivity contribution in [2.24, 2.45) is 5.73 Å². The molecule has 9 heteroatoms. The number of alkyl halides is 3. The first-order valence-corrected chi connectivity index (χ1v) is 5.98. The Morgan fingerprint density at radius 1 is 1.61 bits per heavy atom. The lowest BCUT2D eigenvalue weighted by molar-refractivity contribution is -0.140. The molecule has 0 aliphatic carbocycles. The first kappa shape index (κ1) is 12.9. The van der Waals surface area contributed by atoms with Crippen LogP contribution in [-0.2, 0) is 10.9 Å². The molecule has 0 spiro atoms. The third-order valence-corrected chi connectivity index (χ3v) is 3.38. The third-order valence-electron chi connectivity index (χ3n) is 2.48. The zero-order chi connectivity index (χ0) is 13.3. The van der Waals surface area contributed by atoms with E-state index < -0.39 is 18.0 Å². The molecule has 2 N–H and O–H groups in total. The maximum Gasteiger partial charge on any atom is 0.434 e. The van der Waals surface area contributed by atoms with Gasteiger partial charge >= 0.3 is 12.3 Å². The van der Waals surface area contributed by atoms with Gasteiger partial charge < -0.3 is 15.4 Å². The van der Waals surface area contributed by atoms with Crippen LogP contribution in [0.2, 0.25) is 0 Å². The fraction of sp³-hybridized carbons (Fsp3) is 0.556. The minimum Gasteiger partial charge on any atom is -0.444 e. The van der Waals surface area contributed by atoms with Crippen LogP contribution in [0.5, 0.6) is 0 Å². The van der Waals surface area contributed by atoms with Crippen molar-refractivity contribution in [3.63, 3.8) is 0 Å². The highest BCUT2D eigenvalue weighted by molar-refractivity contribution is 7.13. The topological polar surface area (TPSA) is 68.5 Å². The fourth-order valence-corrected chi connectivity index (χ4v) is 2.57. The van der Waals surface area contributed by atoms with Gasteiger partial charge in [-0.15, -0.1) is 11.3 Å². The van der Waals surface area contributed by atoms with E-state index in [0.717, 1.165) is 16.7 Å². The number of hydrogen-bond acceptors (Lipinski definition) is 5. The molecule has 1 atom stereocenters. The number of thiazole rings is 1. The van der Waals surface area contributed by atoms with E-state index in [-0.39, 0.29) is 11.2 Å². The molecule has 1 aromatic rings. The average molecular weight is 281 g/mol. The Kier molecular flexibility index (Phi) is 3.33. The number of anilines is 1. The molecule has 2 rings (SSSR count). The quantitative estimate of drug-likeness (QED) is 0.898.